The van der Waals surface area contributed by atoms with Crippen LogP contribution in [0, 0.1) is 0 Å². The molecule has 0 aliphatic heterocycles. The van der Waals surface area contributed by atoms with Gasteiger partial charge in [-0.25, -0.2) is 9.59 Å². The molecule has 0 amide bonds. The van der Waals surface area contributed by atoms with Crippen LogP contribution in [0.15, 0.2) is 46.2 Å². The summed E-state index contributed by atoms with van der Waals surface area (Å²) in [5.41, 5.74) is 5.08. The van der Waals surface area contributed by atoms with Crippen LogP contribution in [0.25, 0.3) is 0 Å². The summed E-state index contributed by atoms with van der Waals surface area (Å²) >= 11 is 0. The highest BCUT2D eigenvalue weighted by atomic mass is 32.2. The molecule has 2 rings (SSSR count). The molecule has 16 heteroatoms. The molecule has 10 N–H and O–H groups in total. The molecular weight excluding hydrogens is 500 g/mol. The zero-order valence-corrected chi connectivity index (χ0v) is 18.6. The Balaban J connectivity index is 2.64. The Morgan fingerprint density at radius 3 is 1.24 bits per heavy atom. The van der Waals surface area contributed by atoms with Crippen LogP contribution in [0.2, 0.25) is 0 Å². The van der Waals surface area contributed by atoms with Crippen LogP contribution < -0.4 is 11.5 Å². The quantitative estimate of drug-likeness (QED) is 0.194. The van der Waals surface area contributed by atoms with Crippen LogP contribution in [0.3, 0.4) is 0 Å². The first kappa shape index (κ1) is 27.0. The van der Waals surface area contributed by atoms with Crippen molar-refractivity contribution in [3.63, 3.8) is 0 Å². The first-order valence-electron chi connectivity index (χ1n) is 9.00. The summed E-state index contributed by atoms with van der Waals surface area (Å²) < 4.78 is 64.1. The fourth-order valence-corrected chi connectivity index (χ4v) is 4.19. The molecule has 34 heavy (non-hydrogen) atoms. The first-order chi connectivity index (χ1) is 15.3. The van der Waals surface area contributed by atoms with Crippen LogP contribution >= 0.6 is 0 Å². The fraction of sp³-hybridized carbons (Fsp3) is 0.222. The minimum absolute atomic E-state index is 0.578. The van der Waals surface area contributed by atoms with E-state index in [2.05, 4.69) is 0 Å². The molecule has 0 saturated heterocycles. The van der Waals surface area contributed by atoms with E-state index in [1.807, 2.05) is 0 Å². The van der Waals surface area contributed by atoms with E-state index in [4.69, 9.17) is 11.5 Å². The molecule has 2 atom stereocenters. The molecule has 0 saturated carbocycles. The van der Waals surface area contributed by atoms with Gasteiger partial charge >= 0.3 is 11.9 Å². The van der Waals surface area contributed by atoms with Gasteiger partial charge in [0.25, 0.3) is 20.2 Å². The molecule has 186 valence electrons. The summed E-state index contributed by atoms with van der Waals surface area (Å²) in [6.45, 7) is 0. The maximum absolute atomic E-state index is 12.0. The van der Waals surface area contributed by atoms with E-state index in [0.29, 0.717) is 12.1 Å². The van der Waals surface area contributed by atoms with Crippen LogP contribution in [0.4, 0.5) is 0 Å². The minimum Gasteiger partial charge on any atom is -0.508 e. The number of hydrogen-bond acceptors (Lipinski definition) is 10. The second-order valence-corrected chi connectivity index (χ2v) is 10.2. The third-order valence-corrected chi connectivity index (χ3v) is 6.87. The number of rotatable bonds is 9. The van der Waals surface area contributed by atoms with Crippen molar-refractivity contribution in [2.45, 2.75) is 33.7 Å². The van der Waals surface area contributed by atoms with Crippen molar-refractivity contribution in [1.82, 2.24) is 0 Å². The van der Waals surface area contributed by atoms with Crippen LogP contribution in [-0.2, 0) is 40.9 Å². The third kappa shape index (κ3) is 5.11. The second-order valence-electron chi connectivity index (χ2n) is 7.36. The van der Waals surface area contributed by atoms with Gasteiger partial charge in [0, 0.05) is 11.1 Å². The van der Waals surface area contributed by atoms with Crippen molar-refractivity contribution < 1.29 is 56.0 Å². The number of carboxylic acids is 2. The Hall–Kier alpha value is -3.28. The Morgan fingerprint density at radius 2 is 1.00 bits per heavy atom. The third-order valence-electron chi connectivity index (χ3n) is 5.17. The maximum Gasteiger partial charge on any atom is 0.328 e. The molecular formula is C18H20N2O12S2. The van der Waals surface area contributed by atoms with Gasteiger partial charge in [-0.05, 0) is 49.2 Å². The fourth-order valence-electron chi connectivity index (χ4n) is 3.17. The monoisotopic (exact) mass is 520 g/mol. The van der Waals surface area contributed by atoms with Gasteiger partial charge in [0.1, 0.15) is 22.6 Å². The normalized spacial score (nSPS) is 15.8. The van der Waals surface area contributed by atoms with Crippen molar-refractivity contribution >= 4 is 32.2 Å². The van der Waals surface area contributed by atoms with E-state index in [0.717, 1.165) is 24.3 Å². The molecule has 2 unspecified atom stereocenters. The van der Waals surface area contributed by atoms with Crippen LogP contribution in [0.1, 0.15) is 24.0 Å². The van der Waals surface area contributed by atoms with Crippen molar-refractivity contribution in [2.75, 3.05) is 0 Å². The molecule has 0 bridgehead atoms. The van der Waals surface area contributed by atoms with Gasteiger partial charge in [0.05, 0.1) is 9.79 Å². The molecule has 14 nitrogen and oxygen atoms in total. The Kier molecular flexibility index (Phi) is 7.00. The van der Waals surface area contributed by atoms with E-state index in [1.54, 1.807) is 0 Å². The highest BCUT2D eigenvalue weighted by Crippen LogP contribution is 2.39. The van der Waals surface area contributed by atoms with E-state index in [9.17, 15) is 56.0 Å². The molecule has 2 aromatic carbocycles. The van der Waals surface area contributed by atoms with Gasteiger partial charge in [-0.1, -0.05) is 0 Å². The summed E-state index contributed by atoms with van der Waals surface area (Å²) in [5, 5.41) is 39.7. The first-order valence-corrected chi connectivity index (χ1v) is 11.9. The molecule has 0 fully saturated rings. The maximum atomic E-state index is 12.0. The van der Waals surface area contributed by atoms with Crippen LogP contribution in [-0.4, -0.2) is 58.3 Å². The number of aliphatic carboxylic acids is 2. The smallest absolute Gasteiger partial charge is 0.328 e. The predicted octanol–water partition coefficient (Wildman–Crippen LogP) is -0.451. The molecule has 2 aromatic rings. The van der Waals surface area contributed by atoms with Gasteiger partial charge in [-0.2, -0.15) is 16.8 Å². The van der Waals surface area contributed by atoms with Crippen molar-refractivity contribution in [2.24, 2.45) is 11.5 Å². The summed E-state index contributed by atoms with van der Waals surface area (Å²) in [6.07, 6.45) is -1.80. The number of carbonyl (C=O) groups is 2. The molecule has 0 aromatic heterocycles. The topological polar surface area (TPSA) is 276 Å². The number of nitrogens with two attached hydrogens (primary N) is 2. The highest BCUT2D eigenvalue weighted by Gasteiger charge is 2.45. The summed E-state index contributed by atoms with van der Waals surface area (Å²) in [4.78, 5) is 22.4. The van der Waals surface area contributed by atoms with E-state index in [-0.39, 0.29) is 0 Å². The Labute approximate surface area is 192 Å². The molecule has 0 aliphatic rings. The van der Waals surface area contributed by atoms with E-state index >= 15 is 0 Å². The Morgan fingerprint density at radius 1 is 0.706 bits per heavy atom. The van der Waals surface area contributed by atoms with Gasteiger partial charge in [-0.3, -0.25) is 9.11 Å². The summed E-state index contributed by atoms with van der Waals surface area (Å²) in [7, 11) is -9.69. The lowest BCUT2D eigenvalue weighted by molar-refractivity contribution is -0.147. The van der Waals surface area contributed by atoms with Gasteiger partial charge < -0.3 is 31.9 Å². The largest absolute Gasteiger partial charge is 0.508 e. The lowest BCUT2D eigenvalue weighted by Crippen LogP contribution is -2.50. The molecule has 0 aliphatic carbocycles. The van der Waals surface area contributed by atoms with Gasteiger partial charge in [0.15, 0.2) is 0 Å². The van der Waals surface area contributed by atoms with Crippen molar-refractivity contribution in [1.29, 1.82) is 0 Å². The zero-order chi connectivity index (χ0) is 26.3. The number of benzene rings is 2. The number of carboxylic acid groups (broad SMARTS) is 2. The lowest BCUT2D eigenvalue weighted by Gasteiger charge is -2.32. The molecule has 0 radical (unpaired) electrons. The minimum atomic E-state index is -4.84. The number of hydrogen-bond donors (Lipinski definition) is 8. The number of phenolic OH excluding ortho intramolecular Hbond substituents is 2. The average molecular weight is 520 g/mol. The average Bonchev–Trinajstić information content (AvgIpc) is 2.70. The second kappa shape index (κ2) is 8.82. The van der Waals surface area contributed by atoms with E-state index in [1.165, 1.54) is 0 Å². The number of phenols is 2. The molecule has 0 spiro atoms. The lowest BCUT2D eigenvalue weighted by atomic mass is 9.78. The van der Waals surface area contributed by atoms with Crippen molar-refractivity contribution in [3.05, 3.63) is 47.5 Å². The van der Waals surface area contributed by atoms with Gasteiger partial charge in [-0.15, -0.1) is 0 Å². The predicted molar refractivity (Wildman–Crippen MR) is 112 cm³/mol. The summed E-state index contributed by atoms with van der Waals surface area (Å²) in [5.74, 6) is -5.30. The van der Waals surface area contributed by atoms with Gasteiger partial charge in [0.2, 0.25) is 0 Å². The van der Waals surface area contributed by atoms with E-state index < -0.39 is 88.5 Å². The highest BCUT2D eigenvalue weighted by molar-refractivity contribution is 7.86. The Bertz CT molecular complexity index is 1270. The number of aromatic hydroxyl groups is 2. The zero-order valence-electron chi connectivity index (χ0n) is 17.0. The summed E-state index contributed by atoms with van der Waals surface area (Å²) in [6, 6.07) is 4.18. The SMILES string of the molecule is NC(CCC(N)(C(=O)O)c1cc(S(=O)(=O)O)ccc1O)(C(=O)O)c1cc(S(=O)(=O)O)ccc1O. The standard InChI is InChI=1S/C18H20N2O12S2/c19-17(15(23)24,11-7-9(33(27,28)29)1-3-13(11)21)5-6-18(20,16(25)26)12-8-10(34(30,31)32)2-4-14(12)22/h1-4,7-8,21-22H,5-6,19-20H2,(H,23,24)(H,25,26)(H,27,28,29)(H,30,31,32). The van der Waals surface area contributed by atoms with Crippen LogP contribution in [0.5, 0.6) is 11.5 Å². The van der Waals surface area contributed by atoms with Crippen molar-refractivity contribution in [3.8, 4) is 11.5 Å². The molecule has 0 heterocycles.